The lowest BCUT2D eigenvalue weighted by Crippen LogP contribution is -2.45. The minimum absolute atomic E-state index is 0.0556. The van der Waals surface area contributed by atoms with Gasteiger partial charge in [0.25, 0.3) is 0 Å². The second kappa shape index (κ2) is 10.9. The van der Waals surface area contributed by atoms with Gasteiger partial charge in [0.05, 0.1) is 10.9 Å². The second-order valence-electron chi connectivity index (χ2n) is 11.0. The fourth-order valence-electron chi connectivity index (χ4n) is 5.19. The Kier molecular flexibility index (Phi) is 8.05. The number of rotatable bonds is 5. The zero-order valence-electron chi connectivity index (χ0n) is 21.9. The quantitative estimate of drug-likeness (QED) is 0.463. The Morgan fingerprint density at radius 3 is 2.25 bits per heavy atom. The molecule has 1 aliphatic carbocycles. The van der Waals surface area contributed by atoms with Crippen LogP contribution in [-0.4, -0.2) is 42.0 Å². The smallest absolute Gasteiger partial charge is 0.416 e. The zero-order chi connectivity index (χ0) is 25.9. The van der Waals surface area contributed by atoms with Crippen molar-refractivity contribution in [1.82, 2.24) is 9.29 Å². The molecule has 1 saturated heterocycles. The van der Waals surface area contributed by atoms with Gasteiger partial charge < -0.3 is 4.74 Å². The number of anilines is 1. The summed E-state index contributed by atoms with van der Waals surface area (Å²) in [6.45, 7) is 8.03. The lowest BCUT2D eigenvalue weighted by atomic mass is 9.94. The van der Waals surface area contributed by atoms with E-state index in [0.29, 0.717) is 17.3 Å². The van der Waals surface area contributed by atoms with Gasteiger partial charge in [0, 0.05) is 18.8 Å². The molecule has 2 fully saturated rings. The first-order chi connectivity index (χ1) is 17.1. The molecule has 1 aromatic carbocycles. The summed E-state index contributed by atoms with van der Waals surface area (Å²) in [7, 11) is -3.63. The summed E-state index contributed by atoms with van der Waals surface area (Å²) in [5, 5.41) is 0. The van der Waals surface area contributed by atoms with Gasteiger partial charge in [-0.1, -0.05) is 49.4 Å². The lowest BCUT2D eigenvalue weighted by molar-refractivity contribution is 0.0556. The highest BCUT2D eigenvalue weighted by atomic mass is 32.2. The van der Waals surface area contributed by atoms with Gasteiger partial charge in [0.1, 0.15) is 11.4 Å². The van der Waals surface area contributed by atoms with Crippen LogP contribution in [0.1, 0.15) is 89.3 Å². The molecule has 1 aliphatic heterocycles. The van der Waals surface area contributed by atoms with E-state index in [-0.39, 0.29) is 18.2 Å². The molecule has 196 valence electrons. The predicted octanol–water partition coefficient (Wildman–Crippen LogP) is 6.38. The van der Waals surface area contributed by atoms with Crippen molar-refractivity contribution in [3.05, 3.63) is 53.7 Å². The van der Waals surface area contributed by atoms with Crippen LogP contribution in [0.25, 0.3) is 0 Å². The molecule has 1 aromatic heterocycles. The van der Waals surface area contributed by atoms with Gasteiger partial charge in [-0.3, -0.25) is 4.90 Å². The summed E-state index contributed by atoms with van der Waals surface area (Å²) in [5.74, 6) is 0.559. The van der Waals surface area contributed by atoms with Crippen molar-refractivity contribution in [3.63, 3.8) is 0 Å². The van der Waals surface area contributed by atoms with Crippen molar-refractivity contribution in [1.29, 1.82) is 0 Å². The molecule has 0 radical (unpaired) electrons. The second-order valence-corrected chi connectivity index (χ2v) is 12.9. The molecule has 0 bridgehead atoms. The van der Waals surface area contributed by atoms with E-state index in [9.17, 15) is 13.2 Å². The van der Waals surface area contributed by atoms with Crippen molar-refractivity contribution in [2.75, 3.05) is 11.4 Å². The zero-order valence-corrected chi connectivity index (χ0v) is 22.8. The van der Waals surface area contributed by atoms with Crippen LogP contribution in [-0.2, 0) is 14.8 Å². The van der Waals surface area contributed by atoms with Gasteiger partial charge >= 0.3 is 6.09 Å². The summed E-state index contributed by atoms with van der Waals surface area (Å²) < 4.78 is 34.4. The number of ether oxygens (including phenoxy) is 1. The van der Waals surface area contributed by atoms with Gasteiger partial charge in [-0.05, 0) is 77.1 Å². The lowest BCUT2D eigenvalue weighted by Gasteiger charge is -2.36. The number of aryl methyl sites for hydroxylation is 1. The summed E-state index contributed by atoms with van der Waals surface area (Å²) in [6, 6.07) is 10.6. The molecule has 0 spiro atoms. The van der Waals surface area contributed by atoms with E-state index in [4.69, 9.17) is 4.74 Å². The maximum absolute atomic E-state index is 13.5. The van der Waals surface area contributed by atoms with E-state index in [2.05, 4.69) is 4.98 Å². The van der Waals surface area contributed by atoms with E-state index < -0.39 is 15.6 Å². The van der Waals surface area contributed by atoms with Crippen molar-refractivity contribution in [2.24, 2.45) is 0 Å². The van der Waals surface area contributed by atoms with Crippen LogP contribution >= 0.6 is 0 Å². The molecule has 8 heteroatoms. The highest BCUT2D eigenvalue weighted by Gasteiger charge is 2.36. The van der Waals surface area contributed by atoms with Crippen molar-refractivity contribution >= 4 is 21.9 Å². The van der Waals surface area contributed by atoms with Crippen LogP contribution in [0.4, 0.5) is 10.6 Å². The maximum atomic E-state index is 13.5. The topological polar surface area (TPSA) is 79.8 Å². The Hall–Kier alpha value is -2.45. The fraction of sp³-hybridized carbons (Fsp3) is 0.571. The molecule has 7 nitrogen and oxygen atoms in total. The Morgan fingerprint density at radius 2 is 1.64 bits per heavy atom. The van der Waals surface area contributed by atoms with Gasteiger partial charge in [0.15, 0.2) is 0 Å². The Labute approximate surface area is 215 Å². The van der Waals surface area contributed by atoms with Gasteiger partial charge in [-0.15, -0.1) is 0 Å². The summed E-state index contributed by atoms with van der Waals surface area (Å²) in [5.41, 5.74) is 1.27. The van der Waals surface area contributed by atoms with Crippen LogP contribution in [0.5, 0.6) is 0 Å². The average molecular weight is 514 g/mol. The minimum Gasteiger partial charge on any atom is -0.443 e. The Bertz CT molecular complexity index is 1130. The molecule has 2 aliphatic rings. The molecule has 2 aromatic rings. The number of hydrogen-bond donors (Lipinski definition) is 0. The van der Waals surface area contributed by atoms with Crippen molar-refractivity contribution in [3.8, 4) is 0 Å². The van der Waals surface area contributed by atoms with Gasteiger partial charge in [0.2, 0.25) is 10.0 Å². The monoisotopic (exact) mass is 513 g/mol. The number of carbonyl (C=O) groups excluding carboxylic acids is 1. The van der Waals surface area contributed by atoms with E-state index in [1.807, 2.05) is 52.0 Å². The number of carbonyl (C=O) groups is 1. The van der Waals surface area contributed by atoms with Crippen LogP contribution in [0.3, 0.4) is 0 Å². The number of benzene rings is 1. The molecular weight excluding hydrogens is 474 g/mol. The highest BCUT2D eigenvalue weighted by molar-refractivity contribution is 7.89. The number of aromatic nitrogens is 1. The normalized spacial score (nSPS) is 20.2. The van der Waals surface area contributed by atoms with E-state index in [1.54, 1.807) is 27.5 Å². The Morgan fingerprint density at radius 1 is 0.972 bits per heavy atom. The number of hydrogen-bond acceptors (Lipinski definition) is 5. The molecular formula is C28H39N3O4S. The minimum atomic E-state index is -3.63. The Balaban J connectivity index is 1.61. The molecule has 2 heterocycles. The number of nitrogens with zero attached hydrogens (tertiary/aromatic N) is 3. The third-order valence-corrected chi connectivity index (χ3v) is 8.94. The highest BCUT2D eigenvalue weighted by Crippen LogP contribution is 2.36. The molecule has 0 N–H and O–H groups in total. The molecule has 1 saturated carbocycles. The van der Waals surface area contributed by atoms with Crippen LogP contribution in [0.15, 0.2) is 47.5 Å². The number of sulfonamides is 1. The SMILES string of the molecule is Cc1ccc(S(=O)(=O)N2CCCC[C@H]2c2ccc(N(C(=O)OC(C)(C)C)C3CCCCC3)nc2)cc1. The molecule has 1 amide bonds. The first-order valence-electron chi connectivity index (χ1n) is 13.1. The van der Waals surface area contributed by atoms with Gasteiger partial charge in [-0.2, -0.15) is 4.31 Å². The van der Waals surface area contributed by atoms with Crippen LogP contribution in [0.2, 0.25) is 0 Å². The molecule has 0 unspecified atom stereocenters. The number of piperidine rings is 1. The van der Waals surface area contributed by atoms with E-state index in [0.717, 1.165) is 56.1 Å². The van der Waals surface area contributed by atoms with Crippen molar-refractivity contribution < 1.29 is 17.9 Å². The first kappa shape index (κ1) is 26.6. The number of pyridine rings is 1. The first-order valence-corrected chi connectivity index (χ1v) is 14.6. The third kappa shape index (κ3) is 6.09. The number of amides is 1. The van der Waals surface area contributed by atoms with E-state index in [1.165, 1.54) is 6.42 Å². The van der Waals surface area contributed by atoms with Crippen LogP contribution in [0, 0.1) is 6.92 Å². The summed E-state index contributed by atoms with van der Waals surface area (Å²) in [4.78, 5) is 19.9. The molecule has 4 rings (SSSR count). The molecule has 36 heavy (non-hydrogen) atoms. The standard InChI is InChI=1S/C28H39N3O4S/c1-21-13-16-24(17-14-21)36(33,34)30-19-9-8-12-25(30)22-15-18-26(29-20-22)31(23-10-6-5-7-11-23)27(32)35-28(2,3)4/h13-18,20,23,25H,5-12,19H2,1-4H3/t25-/m0/s1. The largest absolute Gasteiger partial charge is 0.443 e. The van der Waals surface area contributed by atoms with Gasteiger partial charge in [-0.25, -0.2) is 18.2 Å². The van der Waals surface area contributed by atoms with Crippen LogP contribution < -0.4 is 4.90 Å². The molecule has 1 atom stereocenters. The summed E-state index contributed by atoms with van der Waals surface area (Å²) in [6.07, 6.45) is 9.08. The van der Waals surface area contributed by atoms with E-state index >= 15 is 0 Å². The predicted molar refractivity (Wildman–Crippen MR) is 141 cm³/mol. The average Bonchev–Trinajstić information content (AvgIpc) is 2.84. The fourth-order valence-corrected chi connectivity index (χ4v) is 6.87. The van der Waals surface area contributed by atoms with Crippen molar-refractivity contribution in [2.45, 2.75) is 102 Å². The maximum Gasteiger partial charge on any atom is 0.416 e. The summed E-state index contributed by atoms with van der Waals surface area (Å²) >= 11 is 0. The third-order valence-electron chi connectivity index (χ3n) is 7.01.